The maximum absolute atomic E-state index is 10.6. The highest BCUT2D eigenvalue weighted by Crippen LogP contribution is 1.92. The molecule has 2 heterocycles. The van der Waals surface area contributed by atoms with Crippen molar-refractivity contribution in [1.29, 1.82) is 0 Å². The van der Waals surface area contributed by atoms with Gasteiger partial charge in [0.1, 0.15) is 11.4 Å². The van der Waals surface area contributed by atoms with E-state index in [4.69, 9.17) is 0 Å². The first-order valence-electron chi connectivity index (χ1n) is 8.30. The zero-order chi connectivity index (χ0) is 19.8. The smallest absolute Gasteiger partial charge is 0.264 e. The van der Waals surface area contributed by atoms with Crippen LogP contribution in [0.1, 0.15) is 24.2 Å². The van der Waals surface area contributed by atoms with Crippen molar-refractivity contribution in [1.82, 2.24) is 15.3 Å². The van der Waals surface area contributed by atoms with Gasteiger partial charge in [0.05, 0.1) is 12.9 Å². The quantitative estimate of drug-likeness (QED) is 0.481. The summed E-state index contributed by atoms with van der Waals surface area (Å²) in [5.74, 6) is 11.6. The number of nitrogens with one attached hydrogen (secondary N) is 1. The molecule has 7 heteroatoms. The Morgan fingerprint density at radius 1 is 0.963 bits per heavy atom. The molecule has 0 fully saturated rings. The van der Waals surface area contributed by atoms with Crippen LogP contribution in [-0.4, -0.2) is 44.8 Å². The largest absolute Gasteiger partial charge is 0.319 e. The Kier molecular flexibility index (Phi) is 11.2. The predicted molar refractivity (Wildman–Crippen MR) is 106 cm³/mol. The van der Waals surface area contributed by atoms with Crippen LogP contribution in [0.4, 0.5) is 0 Å². The van der Waals surface area contributed by atoms with Crippen molar-refractivity contribution in [2.24, 2.45) is 0 Å². The second-order valence-electron chi connectivity index (χ2n) is 5.16. The lowest BCUT2D eigenvalue weighted by molar-refractivity contribution is 0.330. The molecular weight excluding hydrogens is 362 g/mol. The minimum atomic E-state index is -3.35. The van der Waals surface area contributed by atoms with Crippen molar-refractivity contribution in [2.45, 2.75) is 12.8 Å². The number of nitrogens with zero attached hydrogens (tertiary/aromatic N) is 2. The molecule has 0 unspecified atom stereocenters. The van der Waals surface area contributed by atoms with Crippen LogP contribution in [0.25, 0.3) is 0 Å². The van der Waals surface area contributed by atoms with Gasteiger partial charge in [-0.05, 0) is 43.2 Å². The molecule has 142 valence electrons. The van der Waals surface area contributed by atoms with E-state index in [9.17, 15) is 8.42 Å². The number of aromatic nitrogens is 2. The number of rotatable bonds is 5. The zero-order valence-corrected chi connectivity index (χ0v) is 16.3. The van der Waals surface area contributed by atoms with E-state index in [0.717, 1.165) is 24.9 Å². The normalized spacial score (nSPS) is 9.70. The summed E-state index contributed by atoms with van der Waals surface area (Å²) in [6, 6.07) is 11.2. The molecule has 2 aromatic rings. The Hall–Kier alpha value is -2.71. The van der Waals surface area contributed by atoms with Gasteiger partial charge in [0, 0.05) is 31.8 Å². The van der Waals surface area contributed by atoms with Gasteiger partial charge in [0.15, 0.2) is 0 Å². The highest BCUT2D eigenvalue weighted by molar-refractivity contribution is 7.85. The lowest BCUT2D eigenvalue weighted by Gasteiger charge is -1.94. The fourth-order valence-corrected chi connectivity index (χ4v) is 2.00. The van der Waals surface area contributed by atoms with E-state index >= 15 is 0 Å². The van der Waals surface area contributed by atoms with Crippen LogP contribution < -0.4 is 5.32 Å². The standard InChI is InChI=1S/C10H12N2.C10H11NO3S/c1-11-8-4-2-6-10-7-3-5-9-12-10;1-15(12,13)14-9-5-3-7-10-6-2-4-8-11-10/h3,5,7,9,11H,4,8H2,1H3;2,4,6,8H,5,9H2,1H3. The van der Waals surface area contributed by atoms with E-state index in [1.807, 2.05) is 31.3 Å². The van der Waals surface area contributed by atoms with Gasteiger partial charge in [0.25, 0.3) is 10.1 Å². The second-order valence-corrected chi connectivity index (χ2v) is 6.81. The van der Waals surface area contributed by atoms with E-state index in [-0.39, 0.29) is 6.61 Å². The van der Waals surface area contributed by atoms with Gasteiger partial charge in [-0.3, -0.25) is 4.18 Å². The monoisotopic (exact) mass is 385 g/mol. The van der Waals surface area contributed by atoms with Gasteiger partial charge in [-0.15, -0.1) is 0 Å². The summed E-state index contributed by atoms with van der Waals surface area (Å²) < 4.78 is 25.7. The third-order valence-corrected chi connectivity index (χ3v) is 3.38. The van der Waals surface area contributed by atoms with Crippen LogP contribution in [0.5, 0.6) is 0 Å². The van der Waals surface area contributed by atoms with E-state index in [1.165, 1.54) is 0 Å². The lowest BCUT2D eigenvalue weighted by atomic mass is 10.3. The SMILES string of the molecule is CNCCC#Cc1ccccn1.CS(=O)(=O)OCCC#Cc1ccccn1. The van der Waals surface area contributed by atoms with E-state index in [0.29, 0.717) is 12.1 Å². The molecule has 2 rings (SSSR count). The molecule has 0 aliphatic rings. The summed E-state index contributed by atoms with van der Waals surface area (Å²) in [5, 5.41) is 3.03. The van der Waals surface area contributed by atoms with Gasteiger partial charge >= 0.3 is 0 Å². The molecule has 0 aliphatic heterocycles. The fraction of sp³-hybridized carbons (Fsp3) is 0.300. The van der Waals surface area contributed by atoms with Gasteiger partial charge in [-0.1, -0.05) is 24.0 Å². The molecule has 1 N–H and O–H groups in total. The summed E-state index contributed by atoms with van der Waals surface area (Å²) in [6.07, 6.45) is 5.65. The average Bonchev–Trinajstić information content (AvgIpc) is 2.66. The third-order valence-electron chi connectivity index (χ3n) is 2.79. The first-order chi connectivity index (χ1) is 13.0. The van der Waals surface area contributed by atoms with Crippen molar-refractivity contribution in [3.05, 3.63) is 60.2 Å². The molecule has 0 spiro atoms. The first kappa shape index (κ1) is 22.3. The van der Waals surface area contributed by atoms with Crippen molar-refractivity contribution >= 4 is 10.1 Å². The maximum Gasteiger partial charge on any atom is 0.264 e. The topological polar surface area (TPSA) is 81.2 Å². The van der Waals surface area contributed by atoms with E-state index < -0.39 is 10.1 Å². The van der Waals surface area contributed by atoms with Crippen molar-refractivity contribution < 1.29 is 12.6 Å². The van der Waals surface area contributed by atoms with Crippen LogP contribution in [0, 0.1) is 23.7 Å². The summed E-state index contributed by atoms with van der Waals surface area (Å²) in [4.78, 5) is 8.07. The minimum absolute atomic E-state index is 0.0820. The zero-order valence-electron chi connectivity index (χ0n) is 15.5. The van der Waals surface area contributed by atoms with Crippen LogP contribution in [0.2, 0.25) is 0 Å². The van der Waals surface area contributed by atoms with E-state index in [2.05, 4.69) is 43.1 Å². The molecule has 0 saturated carbocycles. The van der Waals surface area contributed by atoms with Gasteiger partial charge in [0.2, 0.25) is 0 Å². The van der Waals surface area contributed by atoms with Crippen molar-refractivity contribution in [3.63, 3.8) is 0 Å². The molecular formula is C20H23N3O3S. The molecule has 6 nitrogen and oxygen atoms in total. The summed E-state index contributed by atoms with van der Waals surface area (Å²) in [6.45, 7) is 1.01. The highest BCUT2D eigenvalue weighted by atomic mass is 32.2. The molecule has 0 bridgehead atoms. The lowest BCUT2D eigenvalue weighted by Crippen LogP contribution is -2.05. The molecule has 0 amide bonds. The summed E-state index contributed by atoms with van der Waals surface area (Å²) >= 11 is 0. The van der Waals surface area contributed by atoms with Crippen LogP contribution in [0.3, 0.4) is 0 Å². The average molecular weight is 385 g/mol. The molecule has 27 heavy (non-hydrogen) atoms. The van der Waals surface area contributed by atoms with E-state index in [1.54, 1.807) is 24.5 Å². The van der Waals surface area contributed by atoms with Crippen molar-refractivity contribution in [3.8, 4) is 23.7 Å². The third kappa shape index (κ3) is 13.2. The fourth-order valence-electron chi connectivity index (χ4n) is 1.61. The molecule has 0 aromatic carbocycles. The first-order valence-corrected chi connectivity index (χ1v) is 10.1. The summed E-state index contributed by atoms with van der Waals surface area (Å²) in [7, 11) is -1.43. The Bertz CT molecular complexity index is 878. The van der Waals surface area contributed by atoms with Crippen molar-refractivity contribution in [2.75, 3.05) is 26.5 Å². The number of hydrogen-bond acceptors (Lipinski definition) is 6. The Morgan fingerprint density at radius 2 is 1.52 bits per heavy atom. The predicted octanol–water partition coefficient (Wildman–Crippen LogP) is 1.84. The minimum Gasteiger partial charge on any atom is -0.319 e. The highest BCUT2D eigenvalue weighted by Gasteiger charge is 1.98. The van der Waals surface area contributed by atoms with Crippen LogP contribution >= 0.6 is 0 Å². The maximum atomic E-state index is 10.6. The number of hydrogen-bond donors (Lipinski definition) is 1. The number of pyridine rings is 2. The Labute approximate surface area is 161 Å². The molecule has 0 aliphatic carbocycles. The molecule has 0 radical (unpaired) electrons. The van der Waals surface area contributed by atoms with Crippen LogP contribution in [-0.2, 0) is 14.3 Å². The summed E-state index contributed by atoms with van der Waals surface area (Å²) in [5.41, 5.74) is 1.51. The molecule has 0 atom stereocenters. The van der Waals surface area contributed by atoms with Gasteiger partial charge in [-0.2, -0.15) is 8.42 Å². The second kappa shape index (κ2) is 13.5. The molecule has 2 aromatic heterocycles. The Morgan fingerprint density at radius 3 is 1.96 bits per heavy atom. The molecule has 0 saturated heterocycles. The Balaban J connectivity index is 0.000000277. The van der Waals surface area contributed by atoms with Gasteiger partial charge < -0.3 is 5.32 Å². The van der Waals surface area contributed by atoms with Gasteiger partial charge in [-0.25, -0.2) is 9.97 Å². The van der Waals surface area contributed by atoms with Crippen LogP contribution in [0.15, 0.2) is 48.8 Å².